The predicted octanol–water partition coefficient (Wildman–Crippen LogP) is 3.76. The van der Waals surface area contributed by atoms with E-state index in [1.165, 1.54) is 29.3 Å². The average molecular weight is 358 g/mol. The number of halogens is 1. The lowest BCUT2D eigenvalue weighted by Crippen LogP contribution is -2.21. The molecule has 0 fully saturated rings. The van der Waals surface area contributed by atoms with Crippen LogP contribution in [0.2, 0.25) is 5.02 Å². The Kier molecular flexibility index (Phi) is 4.24. The summed E-state index contributed by atoms with van der Waals surface area (Å²) in [5.41, 5.74) is 1.29. The Morgan fingerprint density at radius 2 is 2.04 bits per heavy atom. The maximum atomic E-state index is 12.6. The second-order valence-electron chi connectivity index (χ2n) is 5.35. The Labute approximate surface area is 147 Å². The van der Waals surface area contributed by atoms with Gasteiger partial charge in [-0.1, -0.05) is 23.7 Å². The number of hydrazone groups is 1. The van der Waals surface area contributed by atoms with Crippen molar-refractivity contribution >= 4 is 40.7 Å². The largest absolute Gasteiger partial charge is 0.502 e. The van der Waals surface area contributed by atoms with Crippen LogP contribution < -0.4 is 5.01 Å². The van der Waals surface area contributed by atoms with E-state index in [1.54, 1.807) is 31.2 Å². The fourth-order valence-electron chi connectivity index (χ4n) is 2.41. The summed E-state index contributed by atoms with van der Waals surface area (Å²) in [5.74, 6) is -0.800. The van der Waals surface area contributed by atoms with Crippen molar-refractivity contribution in [2.75, 3.05) is 5.01 Å². The van der Waals surface area contributed by atoms with E-state index >= 15 is 0 Å². The highest BCUT2D eigenvalue weighted by atomic mass is 35.5. The quantitative estimate of drug-likeness (QED) is 0.514. The summed E-state index contributed by atoms with van der Waals surface area (Å²) in [6, 6.07) is 10.6. The van der Waals surface area contributed by atoms with Gasteiger partial charge in [-0.3, -0.25) is 14.9 Å². The molecular weight excluding hydrogens is 346 g/mol. The van der Waals surface area contributed by atoms with Crippen LogP contribution in [0.3, 0.4) is 0 Å². The molecule has 1 aliphatic heterocycles. The number of benzene rings is 2. The van der Waals surface area contributed by atoms with Crippen LogP contribution >= 0.6 is 11.6 Å². The number of amides is 1. The Morgan fingerprint density at radius 1 is 1.28 bits per heavy atom. The summed E-state index contributed by atoms with van der Waals surface area (Å²) in [4.78, 5) is 22.9. The van der Waals surface area contributed by atoms with E-state index in [0.29, 0.717) is 27.6 Å². The van der Waals surface area contributed by atoms with E-state index in [9.17, 15) is 20.0 Å². The van der Waals surface area contributed by atoms with Crippen LogP contribution in [0, 0.1) is 10.1 Å². The first kappa shape index (κ1) is 16.7. The van der Waals surface area contributed by atoms with Gasteiger partial charge in [-0.2, -0.15) is 10.1 Å². The Hall–Kier alpha value is -3.19. The van der Waals surface area contributed by atoms with Crippen molar-refractivity contribution in [3.8, 4) is 5.75 Å². The third-order valence-corrected chi connectivity index (χ3v) is 3.86. The van der Waals surface area contributed by atoms with E-state index in [4.69, 9.17) is 11.6 Å². The van der Waals surface area contributed by atoms with Gasteiger partial charge in [0.1, 0.15) is 0 Å². The number of hydrogen-bond donors (Lipinski definition) is 1. The van der Waals surface area contributed by atoms with E-state index < -0.39 is 16.4 Å². The number of carbonyl (C=O) groups is 1. The van der Waals surface area contributed by atoms with Gasteiger partial charge in [-0.25, -0.2) is 0 Å². The molecule has 1 heterocycles. The smallest absolute Gasteiger partial charge is 0.311 e. The lowest BCUT2D eigenvalue weighted by atomic mass is 10.1. The first-order valence-corrected chi connectivity index (χ1v) is 7.59. The molecule has 1 amide bonds. The molecule has 1 aliphatic rings. The number of phenolic OH excluding ortho intramolecular Hbond substituents is 1. The number of rotatable bonds is 3. The number of nitro benzene ring substituents is 1. The van der Waals surface area contributed by atoms with E-state index in [-0.39, 0.29) is 5.91 Å². The maximum absolute atomic E-state index is 12.6. The SMILES string of the molecule is CC1=NN(c2cccc(Cl)c2)C(=O)C1=Cc1ccc(O)c([N+](=O)[O-])c1. The van der Waals surface area contributed by atoms with Gasteiger partial charge in [-0.05, 0) is 42.8 Å². The summed E-state index contributed by atoms with van der Waals surface area (Å²) in [7, 11) is 0. The standard InChI is InChI=1S/C17H12ClN3O4/c1-10-14(7-11-5-6-16(22)15(8-11)21(24)25)17(23)20(19-10)13-4-2-3-12(18)9-13/h2-9,22H,1H3. The number of phenols is 1. The Bertz CT molecular complexity index is 953. The third-order valence-electron chi connectivity index (χ3n) is 3.62. The molecule has 0 spiro atoms. The predicted molar refractivity (Wildman–Crippen MR) is 94.8 cm³/mol. The maximum Gasteiger partial charge on any atom is 0.311 e. The lowest BCUT2D eigenvalue weighted by molar-refractivity contribution is -0.385. The van der Waals surface area contributed by atoms with Crippen LogP contribution in [-0.2, 0) is 4.79 Å². The molecule has 8 heteroatoms. The van der Waals surface area contributed by atoms with Crippen molar-refractivity contribution in [2.45, 2.75) is 6.92 Å². The summed E-state index contributed by atoms with van der Waals surface area (Å²) >= 11 is 5.95. The Balaban J connectivity index is 1.98. The molecule has 1 N–H and O–H groups in total. The van der Waals surface area contributed by atoms with Gasteiger partial charge in [0.2, 0.25) is 0 Å². The van der Waals surface area contributed by atoms with Crippen LogP contribution in [0.25, 0.3) is 6.08 Å². The third kappa shape index (κ3) is 3.22. The summed E-state index contributed by atoms with van der Waals surface area (Å²) < 4.78 is 0. The van der Waals surface area contributed by atoms with Gasteiger partial charge < -0.3 is 5.11 Å². The highest BCUT2D eigenvalue weighted by Crippen LogP contribution is 2.30. The highest BCUT2D eigenvalue weighted by molar-refractivity contribution is 6.33. The second kappa shape index (κ2) is 6.37. The Morgan fingerprint density at radius 3 is 2.72 bits per heavy atom. The zero-order chi connectivity index (χ0) is 18.1. The molecule has 0 aliphatic carbocycles. The zero-order valence-corrected chi connectivity index (χ0v) is 13.8. The number of hydrogen-bond acceptors (Lipinski definition) is 5. The van der Waals surface area contributed by atoms with Gasteiger partial charge in [0.15, 0.2) is 5.75 Å². The molecule has 0 bridgehead atoms. The van der Waals surface area contributed by atoms with Crippen molar-refractivity contribution in [2.24, 2.45) is 5.10 Å². The highest BCUT2D eigenvalue weighted by Gasteiger charge is 2.29. The second-order valence-corrected chi connectivity index (χ2v) is 5.78. The molecular formula is C17H12ClN3O4. The van der Waals surface area contributed by atoms with Gasteiger partial charge in [0.25, 0.3) is 5.91 Å². The monoisotopic (exact) mass is 357 g/mol. The summed E-state index contributed by atoms with van der Waals surface area (Å²) in [5, 5.41) is 26.4. The fourth-order valence-corrected chi connectivity index (χ4v) is 2.59. The first-order valence-electron chi connectivity index (χ1n) is 7.21. The molecule has 0 saturated carbocycles. The number of nitrogens with zero attached hydrogens (tertiary/aromatic N) is 3. The fraction of sp³-hybridized carbons (Fsp3) is 0.0588. The van der Waals surface area contributed by atoms with Crippen molar-refractivity contribution < 1.29 is 14.8 Å². The molecule has 0 unspecified atom stereocenters. The van der Waals surface area contributed by atoms with Crippen molar-refractivity contribution in [3.05, 3.63) is 68.7 Å². The molecule has 7 nitrogen and oxygen atoms in total. The topological polar surface area (TPSA) is 96.0 Å². The molecule has 2 aromatic carbocycles. The molecule has 0 radical (unpaired) electrons. The molecule has 0 aromatic heterocycles. The molecule has 0 saturated heterocycles. The van der Waals surface area contributed by atoms with Crippen molar-refractivity contribution in [3.63, 3.8) is 0 Å². The van der Waals surface area contributed by atoms with Gasteiger partial charge >= 0.3 is 5.69 Å². The zero-order valence-electron chi connectivity index (χ0n) is 13.0. The lowest BCUT2D eigenvalue weighted by Gasteiger charge is -2.11. The molecule has 126 valence electrons. The minimum Gasteiger partial charge on any atom is -0.502 e. The molecule has 2 aromatic rings. The minimum atomic E-state index is -0.687. The number of aromatic hydroxyl groups is 1. The molecule has 3 rings (SSSR count). The summed E-state index contributed by atoms with van der Waals surface area (Å²) in [6.07, 6.45) is 1.50. The van der Waals surface area contributed by atoms with Crippen LogP contribution in [0.15, 0.2) is 53.1 Å². The van der Waals surface area contributed by atoms with Crippen LogP contribution in [0.4, 0.5) is 11.4 Å². The first-order chi connectivity index (χ1) is 11.9. The van der Waals surface area contributed by atoms with Gasteiger partial charge in [0, 0.05) is 11.1 Å². The van der Waals surface area contributed by atoms with E-state index in [1.807, 2.05) is 0 Å². The number of carbonyl (C=O) groups excluding carboxylic acids is 1. The van der Waals surface area contributed by atoms with Crippen LogP contribution in [-0.4, -0.2) is 21.6 Å². The molecule has 25 heavy (non-hydrogen) atoms. The minimum absolute atomic E-state index is 0.306. The van der Waals surface area contributed by atoms with E-state index in [0.717, 1.165) is 0 Å². The van der Waals surface area contributed by atoms with Crippen LogP contribution in [0.1, 0.15) is 12.5 Å². The average Bonchev–Trinajstić information content (AvgIpc) is 2.84. The number of nitro groups is 1. The van der Waals surface area contributed by atoms with Crippen molar-refractivity contribution in [1.29, 1.82) is 0 Å². The summed E-state index contributed by atoms with van der Waals surface area (Å²) in [6.45, 7) is 1.67. The normalized spacial score (nSPS) is 15.6. The number of anilines is 1. The van der Waals surface area contributed by atoms with Crippen LogP contribution in [0.5, 0.6) is 5.75 Å². The molecule has 0 atom stereocenters. The van der Waals surface area contributed by atoms with Crippen molar-refractivity contribution in [1.82, 2.24) is 0 Å². The van der Waals surface area contributed by atoms with E-state index in [2.05, 4.69) is 5.10 Å². The van der Waals surface area contributed by atoms with Gasteiger partial charge in [0.05, 0.1) is 21.9 Å². The van der Waals surface area contributed by atoms with Gasteiger partial charge in [-0.15, -0.1) is 0 Å².